The van der Waals surface area contributed by atoms with E-state index in [1.807, 2.05) is 72.8 Å². The third kappa shape index (κ3) is 2.73. The number of hydrogen-bond acceptors (Lipinski definition) is 2. The van der Waals surface area contributed by atoms with Gasteiger partial charge in [0.2, 0.25) is 0 Å². The minimum absolute atomic E-state index is 0.130. The molecule has 2 nitrogen and oxygen atoms in total. The third-order valence-corrected chi connectivity index (χ3v) is 5.94. The van der Waals surface area contributed by atoms with Crippen molar-refractivity contribution in [2.75, 3.05) is 0 Å². The molecule has 3 aromatic rings. The van der Waals surface area contributed by atoms with E-state index in [1.54, 1.807) is 0 Å². The van der Waals surface area contributed by atoms with Gasteiger partial charge in [-0.15, -0.1) is 0 Å². The van der Waals surface area contributed by atoms with Crippen molar-refractivity contribution in [1.82, 2.24) is 0 Å². The summed E-state index contributed by atoms with van der Waals surface area (Å²) in [5, 5.41) is 1.93. The van der Waals surface area contributed by atoms with E-state index in [4.69, 9.17) is 0 Å². The predicted octanol–water partition coefficient (Wildman–Crippen LogP) is 3.65. The largest absolute Gasteiger partial charge is 0.289 e. The van der Waals surface area contributed by atoms with Gasteiger partial charge in [-0.1, -0.05) is 72.8 Å². The second-order valence-corrected chi connectivity index (χ2v) is 7.51. The second kappa shape index (κ2) is 6.72. The van der Waals surface area contributed by atoms with Crippen molar-refractivity contribution in [2.45, 2.75) is 25.7 Å². The van der Waals surface area contributed by atoms with Crippen molar-refractivity contribution in [3.8, 4) is 0 Å². The summed E-state index contributed by atoms with van der Waals surface area (Å²) in [6, 6.07) is 23.7. The molecule has 0 saturated heterocycles. The quantitative estimate of drug-likeness (QED) is 0.610. The van der Waals surface area contributed by atoms with Gasteiger partial charge in [-0.05, 0) is 47.2 Å². The van der Waals surface area contributed by atoms with Crippen molar-refractivity contribution in [3.63, 3.8) is 0 Å². The first-order valence-electron chi connectivity index (χ1n) is 9.80. The zero-order valence-electron chi connectivity index (χ0n) is 15.6. The Labute approximate surface area is 163 Å². The van der Waals surface area contributed by atoms with Crippen LogP contribution in [0.4, 0.5) is 0 Å². The number of hydrogen-bond donors (Lipinski definition) is 0. The molecule has 0 aromatic heterocycles. The van der Waals surface area contributed by atoms with Crippen molar-refractivity contribution in [3.05, 3.63) is 105 Å². The van der Waals surface area contributed by atoms with Crippen LogP contribution < -0.4 is 10.4 Å². The van der Waals surface area contributed by atoms with E-state index in [1.165, 1.54) is 0 Å². The maximum absolute atomic E-state index is 12.9. The summed E-state index contributed by atoms with van der Waals surface area (Å²) < 4.78 is 0. The van der Waals surface area contributed by atoms with Gasteiger partial charge < -0.3 is 0 Å². The van der Waals surface area contributed by atoms with Crippen LogP contribution in [0.5, 0.6) is 0 Å². The van der Waals surface area contributed by atoms with Gasteiger partial charge in [0.15, 0.2) is 11.6 Å². The standard InChI is InChI=1S/C26H20O2/c27-25-21-7-3-1-5-17(21)13-15-23(25)19-9-11-20(12-10-19)24-16-14-18-6-2-4-8-22(18)26(24)28/h1-12H,13-16H2. The highest BCUT2D eigenvalue weighted by molar-refractivity contribution is 6.26. The van der Waals surface area contributed by atoms with E-state index in [2.05, 4.69) is 0 Å². The van der Waals surface area contributed by atoms with Gasteiger partial charge >= 0.3 is 0 Å². The molecule has 3 aromatic carbocycles. The number of ketones is 2. The molecule has 28 heavy (non-hydrogen) atoms. The van der Waals surface area contributed by atoms with E-state index in [9.17, 15) is 9.59 Å². The zero-order chi connectivity index (χ0) is 19.1. The molecular weight excluding hydrogens is 344 g/mol. The second-order valence-electron chi connectivity index (χ2n) is 7.51. The number of Topliss-reactive ketones (excluding diaryl/α,β-unsaturated/α-hetero) is 2. The first-order valence-corrected chi connectivity index (χ1v) is 9.80. The van der Waals surface area contributed by atoms with Crippen LogP contribution in [0, 0.1) is 0 Å². The number of carbonyl (C=O) groups is 2. The van der Waals surface area contributed by atoms with Crippen LogP contribution in [0.3, 0.4) is 0 Å². The lowest BCUT2D eigenvalue weighted by Crippen LogP contribution is -2.23. The number of fused-ring (bicyclic) bond motifs is 2. The molecule has 0 bridgehead atoms. The van der Waals surface area contributed by atoms with Gasteiger partial charge in [-0.2, -0.15) is 0 Å². The minimum atomic E-state index is 0.130. The molecule has 0 amide bonds. The van der Waals surface area contributed by atoms with Crippen LogP contribution in [-0.4, -0.2) is 11.6 Å². The Balaban J connectivity index is 1.57. The number of aryl methyl sites for hydroxylation is 2. The van der Waals surface area contributed by atoms with Crippen LogP contribution in [0.15, 0.2) is 72.8 Å². The Kier molecular flexibility index (Phi) is 4.05. The lowest BCUT2D eigenvalue weighted by atomic mass is 9.85. The molecule has 0 radical (unpaired) electrons. The Hall–Kier alpha value is -3.26. The molecule has 0 fully saturated rings. The Morgan fingerprint density at radius 3 is 1.29 bits per heavy atom. The summed E-state index contributed by atoms with van der Waals surface area (Å²) in [5.41, 5.74) is 5.65. The first kappa shape index (κ1) is 16.9. The highest BCUT2D eigenvalue weighted by Gasteiger charge is 2.23. The van der Waals surface area contributed by atoms with E-state index in [0.29, 0.717) is 0 Å². The minimum Gasteiger partial charge on any atom is -0.289 e. The molecule has 5 rings (SSSR count). The van der Waals surface area contributed by atoms with Crippen LogP contribution in [0.1, 0.15) is 44.7 Å². The highest BCUT2D eigenvalue weighted by Crippen LogP contribution is 2.26. The van der Waals surface area contributed by atoms with Crippen molar-refractivity contribution in [2.24, 2.45) is 0 Å². The molecule has 0 atom stereocenters. The summed E-state index contributed by atoms with van der Waals surface area (Å²) >= 11 is 0. The average Bonchev–Trinajstić information content (AvgIpc) is 2.75. The van der Waals surface area contributed by atoms with E-state index in [-0.39, 0.29) is 11.6 Å². The Bertz CT molecular complexity index is 1130. The molecule has 2 heteroatoms. The first-order chi connectivity index (χ1) is 13.7. The van der Waals surface area contributed by atoms with E-state index < -0.39 is 0 Å². The van der Waals surface area contributed by atoms with Gasteiger partial charge in [0.05, 0.1) is 0 Å². The van der Waals surface area contributed by atoms with E-state index in [0.717, 1.165) is 69.5 Å². The normalized spacial score (nSPS) is 16.0. The summed E-state index contributed by atoms with van der Waals surface area (Å²) in [5.74, 6) is 0.259. The van der Waals surface area contributed by atoms with Gasteiger partial charge in [0.1, 0.15) is 0 Å². The summed E-state index contributed by atoms with van der Waals surface area (Å²) in [6.07, 6.45) is 3.31. The topological polar surface area (TPSA) is 34.1 Å². The van der Waals surface area contributed by atoms with Crippen LogP contribution in [0.2, 0.25) is 0 Å². The maximum atomic E-state index is 12.9. The molecule has 0 aliphatic heterocycles. The smallest absolute Gasteiger partial charge is 0.189 e. The number of rotatable bonds is 0. The lowest BCUT2D eigenvalue weighted by Gasteiger charge is -2.18. The van der Waals surface area contributed by atoms with Crippen LogP contribution >= 0.6 is 0 Å². The summed E-state index contributed by atoms with van der Waals surface area (Å²) in [7, 11) is 0. The molecule has 0 spiro atoms. The molecule has 0 saturated carbocycles. The van der Waals surface area contributed by atoms with Gasteiger partial charge in [-0.3, -0.25) is 9.59 Å². The lowest BCUT2D eigenvalue weighted by molar-refractivity contribution is 0.104. The molecule has 0 unspecified atom stereocenters. The van der Waals surface area contributed by atoms with Crippen molar-refractivity contribution < 1.29 is 9.59 Å². The highest BCUT2D eigenvalue weighted by atomic mass is 16.1. The molecule has 2 aliphatic carbocycles. The molecule has 136 valence electrons. The molecular formula is C26H20O2. The molecule has 0 N–H and O–H groups in total. The van der Waals surface area contributed by atoms with Crippen LogP contribution in [-0.2, 0) is 12.8 Å². The molecule has 0 heterocycles. The Morgan fingerprint density at radius 2 is 0.857 bits per heavy atom. The zero-order valence-corrected chi connectivity index (χ0v) is 15.6. The Morgan fingerprint density at radius 1 is 0.464 bits per heavy atom. The van der Waals surface area contributed by atoms with Gasteiger partial charge in [0, 0.05) is 22.3 Å². The number of carbonyl (C=O) groups excluding carboxylic acids is 2. The van der Waals surface area contributed by atoms with Gasteiger partial charge in [-0.25, -0.2) is 0 Å². The molecule has 2 aliphatic rings. The monoisotopic (exact) mass is 364 g/mol. The predicted molar refractivity (Wildman–Crippen MR) is 111 cm³/mol. The van der Waals surface area contributed by atoms with Crippen molar-refractivity contribution >= 4 is 22.7 Å². The fraction of sp³-hybridized carbons (Fsp3) is 0.154. The fourth-order valence-corrected chi connectivity index (χ4v) is 4.41. The summed E-state index contributed by atoms with van der Waals surface area (Å²) in [4.78, 5) is 25.8. The maximum Gasteiger partial charge on any atom is 0.189 e. The van der Waals surface area contributed by atoms with Crippen molar-refractivity contribution in [1.29, 1.82) is 0 Å². The SMILES string of the molecule is O=C1C(=c2ccc(=C3CCc4ccccc4C3=O)cc2)CCc2ccccc21. The summed E-state index contributed by atoms with van der Waals surface area (Å²) in [6.45, 7) is 0. The average molecular weight is 364 g/mol. The van der Waals surface area contributed by atoms with Gasteiger partial charge in [0.25, 0.3) is 0 Å². The number of benzene rings is 3. The van der Waals surface area contributed by atoms with Crippen LogP contribution in [0.25, 0.3) is 11.1 Å². The third-order valence-electron chi connectivity index (χ3n) is 5.94. The van der Waals surface area contributed by atoms with E-state index >= 15 is 0 Å². The fourth-order valence-electron chi connectivity index (χ4n) is 4.41.